The van der Waals surface area contributed by atoms with Gasteiger partial charge in [-0.25, -0.2) is 0 Å². The van der Waals surface area contributed by atoms with E-state index in [0.717, 1.165) is 37.3 Å². The maximum Gasteiger partial charge on any atom is 0.139 e. The van der Waals surface area contributed by atoms with Crippen LogP contribution in [0.3, 0.4) is 0 Å². The van der Waals surface area contributed by atoms with Crippen molar-refractivity contribution < 1.29 is 23.7 Å². The highest BCUT2D eigenvalue weighted by Crippen LogP contribution is 2.59. The minimum atomic E-state index is -5.15. The van der Waals surface area contributed by atoms with E-state index in [2.05, 4.69) is 46.2 Å². The molecule has 5 nitrogen and oxygen atoms in total. The number of fused-ring (bicyclic) bond motifs is 5. The normalized spacial score (nSPS) is 30.5. The Hall–Kier alpha value is -0.726. The second kappa shape index (κ2) is 7.64. The molecule has 3 aliphatic rings. The predicted octanol–water partition coefficient (Wildman–Crippen LogP) is 3.41. The fourth-order valence-electron chi connectivity index (χ4n) is 7.21. The van der Waals surface area contributed by atoms with Gasteiger partial charge >= 0.3 is 0 Å². The van der Waals surface area contributed by atoms with E-state index in [1.165, 1.54) is 16.3 Å². The fraction of sp³-hybridized carbons (Fsp3) is 0.708. The summed E-state index contributed by atoms with van der Waals surface area (Å²) in [7, 11) is -9.12. The van der Waals surface area contributed by atoms with Crippen molar-refractivity contribution >= 4 is 40.1 Å². The third-order valence-electron chi connectivity index (χ3n) is 8.39. The number of hydrogen-bond acceptors (Lipinski definition) is 5. The standard InChI is InChI=1S/C24H39O5PSi2/c1-24-13-12-17-16(18(24)10-11-20(24)25)9-8-15-14-19(29-30(26,27)28)22(31(2,3)4)23(21(15)17)32(5,6)7/h14,16-18H,8-13H2,1-7H3,(H2,26,27,28)/p-2/t16-,17+,18+,24+/m1/s1. The van der Waals surface area contributed by atoms with Gasteiger partial charge < -0.3 is 18.9 Å². The van der Waals surface area contributed by atoms with Gasteiger partial charge in [-0.2, -0.15) is 0 Å². The molecule has 3 aliphatic carbocycles. The van der Waals surface area contributed by atoms with Crippen molar-refractivity contribution in [3.63, 3.8) is 0 Å². The third kappa shape index (κ3) is 4.02. The molecule has 8 heteroatoms. The molecule has 0 saturated heterocycles. The first-order chi connectivity index (χ1) is 14.5. The van der Waals surface area contributed by atoms with Gasteiger partial charge in [0.05, 0.1) is 16.1 Å². The number of rotatable bonds is 4. The molecule has 0 unspecified atom stereocenters. The third-order valence-corrected chi connectivity index (χ3v) is 13.1. The van der Waals surface area contributed by atoms with Crippen LogP contribution in [0, 0.1) is 17.3 Å². The van der Waals surface area contributed by atoms with E-state index in [4.69, 9.17) is 4.52 Å². The monoisotopic (exact) mass is 492 g/mol. The van der Waals surface area contributed by atoms with Gasteiger partial charge in [0, 0.05) is 11.8 Å². The Bertz CT molecular complexity index is 1000. The smallest absolute Gasteiger partial charge is 0.139 e. The number of phosphoric acid groups is 1. The summed E-state index contributed by atoms with van der Waals surface area (Å²) in [4.78, 5) is 36.1. The first-order valence-corrected chi connectivity index (χ1v) is 20.5. The molecule has 0 radical (unpaired) electrons. The number of benzene rings is 1. The molecule has 2 saturated carbocycles. The predicted molar refractivity (Wildman–Crippen MR) is 130 cm³/mol. The largest absolute Gasteiger partial charge is 0.780 e. The molecule has 4 rings (SSSR count). The molecular formula is C24H37O5PSi2-2. The first kappa shape index (κ1) is 24.4. The van der Waals surface area contributed by atoms with Crippen LogP contribution in [0.2, 0.25) is 39.3 Å². The molecule has 178 valence electrons. The molecule has 2 fully saturated rings. The number of aryl methyl sites for hydroxylation is 1. The van der Waals surface area contributed by atoms with E-state index in [-0.39, 0.29) is 5.41 Å². The van der Waals surface area contributed by atoms with Crippen molar-refractivity contribution in [1.82, 2.24) is 0 Å². The van der Waals surface area contributed by atoms with Crippen LogP contribution in [0.4, 0.5) is 0 Å². The highest BCUT2D eigenvalue weighted by Gasteiger charge is 2.55. The Kier molecular flexibility index (Phi) is 5.83. The Balaban J connectivity index is 1.95. The summed E-state index contributed by atoms with van der Waals surface area (Å²) in [5.74, 6) is 2.12. The maximum absolute atomic E-state index is 12.7. The van der Waals surface area contributed by atoms with Crippen molar-refractivity contribution in [1.29, 1.82) is 0 Å². The van der Waals surface area contributed by atoms with E-state index >= 15 is 0 Å². The van der Waals surface area contributed by atoms with Crippen molar-refractivity contribution in [3.05, 3.63) is 17.2 Å². The molecule has 0 amide bonds. The Morgan fingerprint density at radius 1 is 1.00 bits per heavy atom. The van der Waals surface area contributed by atoms with E-state index in [0.29, 0.717) is 35.7 Å². The number of carbonyl (C=O) groups is 1. The van der Waals surface area contributed by atoms with Gasteiger partial charge in [-0.15, -0.1) is 0 Å². The number of Topliss-reactive ketones (excluding diaryl/α,β-unsaturated/α-hetero) is 1. The van der Waals surface area contributed by atoms with Gasteiger partial charge in [-0.3, -0.25) is 4.79 Å². The Morgan fingerprint density at radius 2 is 1.62 bits per heavy atom. The van der Waals surface area contributed by atoms with Crippen LogP contribution in [-0.2, 0) is 15.8 Å². The van der Waals surface area contributed by atoms with Crippen LogP contribution in [0.1, 0.15) is 56.1 Å². The first-order valence-electron chi connectivity index (χ1n) is 12.0. The zero-order valence-electron chi connectivity index (χ0n) is 20.5. The van der Waals surface area contributed by atoms with E-state index in [1.54, 1.807) is 0 Å². The van der Waals surface area contributed by atoms with E-state index in [9.17, 15) is 19.1 Å². The summed E-state index contributed by atoms with van der Waals surface area (Å²) < 4.78 is 16.8. The van der Waals surface area contributed by atoms with E-state index < -0.39 is 24.0 Å². The topological polar surface area (TPSA) is 89.5 Å². The Labute approximate surface area is 194 Å². The SMILES string of the molecule is C[C@]12CC[C@@H]3c4c(cc(OP(=O)([O-])[O-])c([Si](C)(C)C)c4[Si](C)(C)C)CC[C@H]3[C@@H]1CCC2=O. The van der Waals surface area contributed by atoms with Crippen molar-refractivity contribution in [2.45, 2.75) is 90.6 Å². The molecule has 0 N–H and O–H groups in total. The minimum Gasteiger partial charge on any atom is -0.780 e. The molecule has 0 aromatic heterocycles. The fourth-order valence-corrected chi connectivity index (χ4v) is 13.7. The van der Waals surface area contributed by atoms with Crippen LogP contribution in [0.25, 0.3) is 0 Å². The quantitative estimate of drug-likeness (QED) is 0.475. The molecule has 0 heterocycles. The van der Waals surface area contributed by atoms with Crippen molar-refractivity contribution in [2.24, 2.45) is 17.3 Å². The number of carbonyl (C=O) groups excluding carboxylic acids is 1. The Morgan fingerprint density at radius 3 is 2.19 bits per heavy atom. The van der Waals surface area contributed by atoms with Crippen LogP contribution in [0.15, 0.2) is 6.07 Å². The summed E-state index contributed by atoms with van der Waals surface area (Å²) in [6.07, 6.45) is 5.56. The van der Waals surface area contributed by atoms with Crippen molar-refractivity contribution in [2.75, 3.05) is 0 Å². The van der Waals surface area contributed by atoms with Crippen LogP contribution in [0.5, 0.6) is 5.75 Å². The van der Waals surface area contributed by atoms with Gasteiger partial charge in [-0.1, -0.05) is 51.4 Å². The van der Waals surface area contributed by atoms with Gasteiger partial charge in [0.2, 0.25) is 0 Å². The lowest BCUT2D eigenvalue weighted by atomic mass is 9.55. The van der Waals surface area contributed by atoms with Gasteiger partial charge in [0.1, 0.15) is 19.4 Å². The lowest BCUT2D eigenvalue weighted by Crippen LogP contribution is -2.60. The molecular weight excluding hydrogens is 455 g/mol. The van der Waals surface area contributed by atoms with Crippen LogP contribution >= 0.6 is 7.82 Å². The number of hydrogen-bond donors (Lipinski definition) is 0. The molecule has 1 aromatic rings. The van der Waals surface area contributed by atoms with Gasteiger partial charge in [-0.05, 0) is 72.2 Å². The van der Waals surface area contributed by atoms with Crippen LogP contribution in [-0.4, -0.2) is 21.9 Å². The zero-order valence-corrected chi connectivity index (χ0v) is 23.4. The average molecular weight is 493 g/mol. The summed E-state index contributed by atoms with van der Waals surface area (Å²) >= 11 is 0. The molecule has 0 bridgehead atoms. The lowest BCUT2D eigenvalue weighted by molar-refractivity contribution is -0.333. The number of ketones is 1. The number of phosphoric ester groups is 1. The van der Waals surface area contributed by atoms with E-state index in [1.807, 2.05) is 6.07 Å². The molecule has 0 spiro atoms. The molecule has 4 atom stereocenters. The maximum atomic E-state index is 12.7. The lowest BCUT2D eigenvalue weighted by Gasteiger charge is -2.50. The highest BCUT2D eigenvalue weighted by molar-refractivity contribution is 7.43. The summed E-state index contributed by atoms with van der Waals surface area (Å²) in [5.41, 5.74) is 2.43. The summed E-state index contributed by atoms with van der Waals surface area (Å²) in [5, 5.41) is 2.36. The van der Waals surface area contributed by atoms with Crippen LogP contribution < -0.4 is 24.7 Å². The van der Waals surface area contributed by atoms with Crippen molar-refractivity contribution in [3.8, 4) is 5.75 Å². The second-order valence-electron chi connectivity index (χ2n) is 12.6. The molecule has 32 heavy (non-hydrogen) atoms. The zero-order chi connectivity index (χ0) is 23.9. The summed E-state index contributed by atoms with van der Waals surface area (Å²) in [6.45, 7) is 15.8. The molecule has 1 aromatic carbocycles. The highest BCUT2D eigenvalue weighted by atomic mass is 31.2. The van der Waals surface area contributed by atoms with Gasteiger partial charge in [0.15, 0.2) is 0 Å². The minimum absolute atomic E-state index is 0.166. The molecule has 0 aliphatic heterocycles. The van der Waals surface area contributed by atoms with Gasteiger partial charge in [0.25, 0.3) is 0 Å². The second-order valence-corrected chi connectivity index (χ2v) is 23.6. The summed E-state index contributed by atoms with van der Waals surface area (Å²) in [6, 6.07) is 1.89. The average Bonchev–Trinajstić information content (AvgIpc) is 2.92.